The van der Waals surface area contributed by atoms with Crippen LogP contribution in [0.2, 0.25) is 0 Å². The second-order valence-electron chi connectivity index (χ2n) is 3.13. The number of aromatic amines is 1. The molecule has 3 aromatic rings. The quantitative estimate of drug-likeness (QED) is 0.605. The lowest BCUT2D eigenvalue weighted by Gasteiger charge is -1.98. The molecule has 0 radical (unpaired) electrons. The van der Waals surface area contributed by atoms with Crippen LogP contribution >= 0.6 is 0 Å². The predicted octanol–water partition coefficient (Wildman–Crippen LogP) is 0.702. The van der Waals surface area contributed by atoms with Crippen molar-refractivity contribution in [1.82, 2.24) is 24.8 Å². The maximum absolute atomic E-state index is 5.62. The minimum atomic E-state index is 0.290. The van der Waals surface area contributed by atoms with E-state index in [9.17, 15) is 0 Å². The third kappa shape index (κ3) is 1.15. The van der Waals surface area contributed by atoms with Gasteiger partial charge in [0.05, 0.1) is 5.69 Å². The number of hydrogen-bond donors (Lipinski definition) is 2. The van der Waals surface area contributed by atoms with Gasteiger partial charge in [0.1, 0.15) is 5.69 Å². The lowest BCUT2D eigenvalue weighted by molar-refractivity contribution is 0.943. The first-order valence-electron chi connectivity index (χ1n) is 4.46. The van der Waals surface area contributed by atoms with Crippen molar-refractivity contribution in [2.75, 3.05) is 5.73 Å². The lowest BCUT2D eigenvalue weighted by atomic mass is 10.3. The molecule has 0 atom stereocenters. The molecule has 0 aliphatic carbocycles. The number of nitrogens with one attached hydrogen (secondary N) is 1. The zero-order chi connectivity index (χ0) is 10.3. The SMILES string of the molecule is Nc1nnc2ccc(-c3ccc[nH]3)nn12. The Balaban J connectivity index is 2.25. The largest absolute Gasteiger partial charge is 0.366 e. The van der Waals surface area contributed by atoms with Gasteiger partial charge in [-0.3, -0.25) is 0 Å². The average molecular weight is 200 g/mol. The summed E-state index contributed by atoms with van der Waals surface area (Å²) in [6, 6.07) is 7.55. The monoisotopic (exact) mass is 200 g/mol. The standard InChI is InChI=1S/C9H8N6/c10-9-13-12-8-4-3-7(14-15(8)9)6-2-1-5-11-6/h1-5,11H,(H2,10,13). The summed E-state index contributed by atoms with van der Waals surface area (Å²) in [4.78, 5) is 3.07. The minimum absolute atomic E-state index is 0.290. The van der Waals surface area contributed by atoms with E-state index in [4.69, 9.17) is 5.73 Å². The molecule has 0 aliphatic heterocycles. The maximum Gasteiger partial charge on any atom is 0.243 e. The van der Waals surface area contributed by atoms with Gasteiger partial charge in [-0.05, 0) is 24.3 Å². The molecule has 0 aromatic carbocycles. The molecule has 3 aromatic heterocycles. The number of anilines is 1. The molecule has 0 saturated heterocycles. The van der Waals surface area contributed by atoms with E-state index in [-0.39, 0.29) is 0 Å². The first-order valence-corrected chi connectivity index (χ1v) is 4.46. The van der Waals surface area contributed by atoms with Crippen molar-refractivity contribution in [3.8, 4) is 11.4 Å². The molecule has 6 nitrogen and oxygen atoms in total. The topological polar surface area (TPSA) is 84.9 Å². The van der Waals surface area contributed by atoms with Crippen LogP contribution in [0.25, 0.3) is 17.0 Å². The number of H-pyrrole nitrogens is 1. The molecule has 74 valence electrons. The number of rotatable bonds is 1. The minimum Gasteiger partial charge on any atom is -0.366 e. The highest BCUT2D eigenvalue weighted by molar-refractivity contribution is 5.56. The molecule has 0 aliphatic rings. The number of hydrogen-bond acceptors (Lipinski definition) is 4. The zero-order valence-corrected chi connectivity index (χ0v) is 7.75. The Morgan fingerprint density at radius 2 is 2.13 bits per heavy atom. The fourth-order valence-corrected chi connectivity index (χ4v) is 1.44. The third-order valence-corrected chi connectivity index (χ3v) is 2.16. The van der Waals surface area contributed by atoms with Gasteiger partial charge < -0.3 is 10.7 Å². The van der Waals surface area contributed by atoms with Gasteiger partial charge in [0.2, 0.25) is 5.95 Å². The fraction of sp³-hybridized carbons (Fsp3) is 0. The molecule has 6 heteroatoms. The van der Waals surface area contributed by atoms with Gasteiger partial charge >= 0.3 is 0 Å². The normalized spacial score (nSPS) is 10.9. The summed E-state index contributed by atoms with van der Waals surface area (Å²) >= 11 is 0. The van der Waals surface area contributed by atoms with Gasteiger partial charge in [0.15, 0.2) is 5.65 Å². The predicted molar refractivity (Wildman–Crippen MR) is 55.0 cm³/mol. The first kappa shape index (κ1) is 7.98. The summed E-state index contributed by atoms with van der Waals surface area (Å²) in [5, 5.41) is 11.9. The number of nitrogen functional groups attached to an aromatic ring is 1. The van der Waals surface area contributed by atoms with Crippen molar-refractivity contribution < 1.29 is 0 Å². The molecule has 0 bridgehead atoms. The van der Waals surface area contributed by atoms with Crippen LogP contribution in [0.1, 0.15) is 0 Å². The van der Waals surface area contributed by atoms with Crippen molar-refractivity contribution in [3.05, 3.63) is 30.5 Å². The second-order valence-corrected chi connectivity index (χ2v) is 3.13. The van der Waals surface area contributed by atoms with Crippen molar-refractivity contribution in [2.24, 2.45) is 0 Å². The van der Waals surface area contributed by atoms with Gasteiger partial charge in [-0.1, -0.05) is 0 Å². The van der Waals surface area contributed by atoms with Crippen LogP contribution < -0.4 is 5.73 Å². The van der Waals surface area contributed by atoms with E-state index < -0.39 is 0 Å². The number of fused-ring (bicyclic) bond motifs is 1. The van der Waals surface area contributed by atoms with Crippen LogP contribution in [0.4, 0.5) is 5.95 Å². The molecule has 0 spiro atoms. The summed E-state index contributed by atoms with van der Waals surface area (Å²) in [7, 11) is 0. The van der Waals surface area contributed by atoms with E-state index in [0.29, 0.717) is 11.6 Å². The van der Waals surface area contributed by atoms with E-state index in [1.54, 1.807) is 0 Å². The number of nitrogens with zero attached hydrogens (tertiary/aromatic N) is 4. The molecule has 0 amide bonds. The van der Waals surface area contributed by atoms with Crippen LogP contribution in [-0.4, -0.2) is 24.8 Å². The molecule has 3 N–H and O–H groups in total. The number of nitrogens with two attached hydrogens (primary N) is 1. The van der Waals surface area contributed by atoms with Crippen LogP contribution in [0.5, 0.6) is 0 Å². The van der Waals surface area contributed by atoms with Gasteiger partial charge in [-0.25, -0.2) is 0 Å². The smallest absolute Gasteiger partial charge is 0.243 e. The molecule has 15 heavy (non-hydrogen) atoms. The first-order chi connectivity index (χ1) is 7.34. The third-order valence-electron chi connectivity index (χ3n) is 2.16. The lowest BCUT2D eigenvalue weighted by Crippen LogP contribution is -1.99. The Morgan fingerprint density at radius 1 is 1.20 bits per heavy atom. The zero-order valence-electron chi connectivity index (χ0n) is 7.75. The van der Waals surface area contributed by atoms with E-state index in [1.807, 2.05) is 30.5 Å². The Kier molecular flexibility index (Phi) is 1.49. The molecule has 3 heterocycles. The molecular weight excluding hydrogens is 192 g/mol. The summed E-state index contributed by atoms with van der Waals surface area (Å²) in [5.41, 5.74) is 8.00. The van der Waals surface area contributed by atoms with Crippen molar-refractivity contribution in [2.45, 2.75) is 0 Å². The highest BCUT2D eigenvalue weighted by Crippen LogP contribution is 2.14. The van der Waals surface area contributed by atoms with Crippen LogP contribution in [0.3, 0.4) is 0 Å². The summed E-state index contributed by atoms with van der Waals surface area (Å²) in [5.74, 6) is 0.290. The van der Waals surface area contributed by atoms with Crippen molar-refractivity contribution >= 4 is 11.6 Å². The van der Waals surface area contributed by atoms with E-state index >= 15 is 0 Å². The van der Waals surface area contributed by atoms with Gasteiger partial charge in [0, 0.05) is 6.20 Å². The number of aromatic nitrogens is 5. The van der Waals surface area contributed by atoms with E-state index in [2.05, 4.69) is 20.3 Å². The molecule has 0 unspecified atom stereocenters. The Morgan fingerprint density at radius 3 is 2.93 bits per heavy atom. The van der Waals surface area contributed by atoms with Gasteiger partial charge in [-0.2, -0.15) is 9.61 Å². The molecular formula is C9H8N6. The summed E-state index contributed by atoms with van der Waals surface area (Å²) < 4.78 is 1.51. The van der Waals surface area contributed by atoms with Gasteiger partial charge in [-0.15, -0.1) is 10.2 Å². The van der Waals surface area contributed by atoms with E-state index in [0.717, 1.165) is 11.4 Å². The van der Waals surface area contributed by atoms with Crippen molar-refractivity contribution in [3.63, 3.8) is 0 Å². The van der Waals surface area contributed by atoms with Crippen LogP contribution in [-0.2, 0) is 0 Å². The van der Waals surface area contributed by atoms with Crippen LogP contribution in [0, 0.1) is 0 Å². The Hall–Kier alpha value is -2.37. The molecule has 3 rings (SSSR count). The Labute approximate surface area is 84.8 Å². The molecule has 0 saturated carbocycles. The Bertz CT molecular complexity index is 594. The highest BCUT2D eigenvalue weighted by atomic mass is 15.4. The van der Waals surface area contributed by atoms with Gasteiger partial charge in [0.25, 0.3) is 0 Å². The summed E-state index contributed by atoms with van der Waals surface area (Å²) in [6.45, 7) is 0. The summed E-state index contributed by atoms with van der Waals surface area (Å²) in [6.07, 6.45) is 1.84. The molecule has 0 fully saturated rings. The second kappa shape index (κ2) is 2.81. The average Bonchev–Trinajstić information content (AvgIpc) is 2.88. The highest BCUT2D eigenvalue weighted by Gasteiger charge is 2.05. The van der Waals surface area contributed by atoms with E-state index in [1.165, 1.54) is 4.52 Å². The van der Waals surface area contributed by atoms with Crippen molar-refractivity contribution in [1.29, 1.82) is 0 Å². The fourth-order valence-electron chi connectivity index (χ4n) is 1.44. The maximum atomic E-state index is 5.62. The van der Waals surface area contributed by atoms with Crippen LogP contribution in [0.15, 0.2) is 30.5 Å².